The maximum atomic E-state index is 12.7. The zero-order chi connectivity index (χ0) is 19.4. The van der Waals surface area contributed by atoms with E-state index in [9.17, 15) is 9.59 Å². The lowest BCUT2D eigenvalue weighted by Gasteiger charge is -2.18. The Bertz CT molecular complexity index is 984. The molecule has 1 heterocycles. The van der Waals surface area contributed by atoms with E-state index in [-0.39, 0.29) is 12.5 Å². The third-order valence-corrected chi connectivity index (χ3v) is 4.61. The number of benzene rings is 2. The number of aryl methyl sites for hydroxylation is 2. The van der Waals surface area contributed by atoms with Gasteiger partial charge in [0.1, 0.15) is 0 Å². The van der Waals surface area contributed by atoms with E-state index in [1.54, 1.807) is 7.05 Å². The molecule has 3 rings (SSSR count). The zero-order valence-electron chi connectivity index (χ0n) is 15.7. The Morgan fingerprint density at radius 1 is 1.04 bits per heavy atom. The highest BCUT2D eigenvalue weighted by Gasteiger charge is 2.21. The van der Waals surface area contributed by atoms with E-state index in [4.69, 9.17) is 4.74 Å². The molecule has 0 radical (unpaired) electrons. The number of para-hydroxylation sites is 2. The highest BCUT2D eigenvalue weighted by atomic mass is 16.5. The molecule has 0 N–H and O–H groups in total. The predicted molar refractivity (Wildman–Crippen MR) is 106 cm³/mol. The van der Waals surface area contributed by atoms with Crippen LogP contribution >= 0.6 is 0 Å². The Morgan fingerprint density at radius 2 is 1.70 bits per heavy atom. The minimum absolute atomic E-state index is 0.293. The van der Waals surface area contributed by atoms with Gasteiger partial charge >= 0.3 is 5.97 Å². The van der Waals surface area contributed by atoms with Crippen LogP contribution in [0.1, 0.15) is 28.5 Å². The maximum absolute atomic E-state index is 12.7. The summed E-state index contributed by atoms with van der Waals surface area (Å²) in [5, 5.41) is 0.911. The van der Waals surface area contributed by atoms with Crippen molar-refractivity contribution in [3.05, 3.63) is 71.4 Å². The molecule has 0 aliphatic rings. The standard InChI is InChI=1S/C22H22N2O3/c1-4-18-21(15(2)17-12-8-9-13-19(17)23-18)22(26)27-14-20(25)24(3)16-10-6-5-7-11-16/h5-13H,4,14H2,1-3H3. The number of hydrogen-bond acceptors (Lipinski definition) is 4. The lowest BCUT2D eigenvalue weighted by molar-refractivity contribution is -0.121. The number of aromatic nitrogens is 1. The van der Waals surface area contributed by atoms with Crippen LogP contribution in [0.25, 0.3) is 10.9 Å². The van der Waals surface area contributed by atoms with E-state index >= 15 is 0 Å². The Kier molecular flexibility index (Phi) is 5.50. The number of carbonyl (C=O) groups excluding carboxylic acids is 2. The number of likely N-dealkylation sites (N-methyl/N-ethyl adjacent to an activating group) is 1. The monoisotopic (exact) mass is 362 g/mol. The smallest absolute Gasteiger partial charge is 0.340 e. The van der Waals surface area contributed by atoms with Crippen molar-refractivity contribution in [2.45, 2.75) is 20.3 Å². The van der Waals surface area contributed by atoms with Crippen molar-refractivity contribution in [1.82, 2.24) is 4.98 Å². The first-order chi connectivity index (χ1) is 13.0. The van der Waals surface area contributed by atoms with Gasteiger partial charge in [0.25, 0.3) is 5.91 Å². The van der Waals surface area contributed by atoms with Crippen molar-refractivity contribution in [1.29, 1.82) is 0 Å². The highest BCUT2D eigenvalue weighted by Crippen LogP contribution is 2.24. The molecular formula is C22H22N2O3. The van der Waals surface area contributed by atoms with Crippen LogP contribution in [-0.4, -0.2) is 30.5 Å². The summed E-state index contributed by atoms with van der Waals surface area (Å²) in [5.41, 5.74) is 3.55. The molecule has 0 saturated heterocycles. The fraction of sp³-hybridized carbons (Fsp3) is 0.227. The molecule has 5 heteroatoms. The van der Waals surface area contributed by atoms with Gasteiger partial charge in [-0.1, -0.05) is 43.3 Å². The van der Waals surface area contributed by atoms with Crippen molar-refractivity contribution >= 4 is 28.5 Å². The number of carbonyl (C=O) groups is 2. The number of hydrogen-bond donors (Lipinski definition) is 0. The van der Waals surface area contributed by atoms with Crippen LogP contribution in [0.2, 0.25) is 0 Å². The predicted octanol–water partition coefficient (Wildman–Crippen LogP) is 3.93. The zero-order valence-corrected chi connectivity index (χ0v) is 15.7. The first kappa shape index (κ1) is 18.6. The van der Waals surface area contributed by atoms with Gasteiger partial charge in [0.15, 0.2) is 6.61 Å². The molecule has 0 unspecified atom stereocenters. The van der Waals surface area contributed by atoms with E-state index < -0.39 is 5.97 Å². The van der Waals surface area contributed by atoms with Crippen LogP contribution in [0.4, 0.5) is 5.69 Å². The molecule has 0 atom stereocenters. The topological polar surface area (TPSA) is 59.5 Å². The minimum Gasteiger partial charge on any atom is -0.452 e. The van der Waals surface area contributed by atoms with E-state index in [0.29, 0.717) is 17.7 Å². The van der Waals surface area contributed by atoms with Crippen molar-refractivity contribution in [3.8, 4) is 0 Å². The van der Waals surface area contributed by atoms with Crippen LogP contribution in [-0.2, 0) is 16.0 Å². The fourth-order valence-corrected chi connectivity index (χ4v) is 3.06. The first-order valence-electron chi connectivity index (χ1n) is 8.89. The van der Waals surface area contributed by atoms with Gasteiger partial charge in [-0.3, -0.25) is 9.78 Å². The largest absolute Gasteiger partial charge is 0.452 e. The average molecular weight is 362 g/mol. The summed E-state index contributed by atoms with van der Waals surface area (Å²) < 4.78 is 5.33. The molecular weight excluding hydrogens is 340 g/mol. The van der Waals surface area contributed by atoms with Crippen molar-refractivity contribution in [3.63, 3.8) is 0 Å². The lowest BCUT2D eigenvalue weighted by atomic mass is 10.0. The van der Waals surface area contributed by atoms with E-state index in [0.717, 1.165) is 22.2 Å². The molecule has 0 aliphatic heterocycles. The second-order valence-corrected chi connectivity index (χ2v) is 6.29. The second kappa shape index (κ2) is 7.99. The SMILES string of the molecule is CCc1nc2ccccc2c(C)c1C(=O)OCC(=O)N(C)c1ccccc1. The summed E-state index contributed by atoms with van der Waals surface area (Å²) in [7, 11) is 1.66. The molecule has 1 aromatic heterocycles. The molecule has 5 nitrogen and oxygen atoms in total. The molecule has 2 aromatic carbocycles. The number of rotatable bonds is 5. The molecule has 0 spiro atoms. The van der Waals surface area contributed by atoms with Crippen molar-refractivity contribution in [2.24, 2.45) is 0 Å². The third kappa shape index (κ3) is 3.82. The quantitative estimate of drug-likeness (QED) is 0.646. The molecule has 138 valence electrons. The van der Waals surface area contributed by atoms with E-state index in [1.807, 2.05) is 68.4 Å². The van der Waals surface area contributed by atoms with Crippen LogP contribution in [0, 0.1) is 6.92 Å². The van der Waals surface area contributed by atoms with Crippen LogP contribution in [0.3, 0.4) is 0 Å². The van der Waals surface area contributed by atoms with E-state index in [2.05, 4.69) is 4.98 Å². The molecule has 1 amide bonds. The number of esters is 1. The Labute approximate surface area is 158 Å². The Balaban J connectivity index is 1.80. The fourth-order valence-electron chi connectivity index (χ4n) is 3.06. The molecule has 27 heavy (non-hydrogen) atoms. The number of nitrogens with zero attached hydrogens (tertiary/aromatic N) is 2. The summed E-state index contributed by atoms with van der Waals surface area (Å²) in [6.07, 6.45) is 0.605. The summed E-state index contributed by atoms with van der Waals surface area (Å²) in [6, 6.07) is 16.9. The number of pyridine rings is 1. The number of ether oxygens (including phenoxy) is 1. The molecule has 0 bridgehead atoms. The van der Waals surface area contributed by atoms with Gasteiger partial charge in [0.2, 0.25) is 0 Å². The number of amides is 1. The van der Waals surface area contributed by atoms with Crippen LogP contribution in [0.5, 0.6) is 0 Å². The van der Waals surface area contributed by atoms with Crippen LogP contribution < -0.4 is 4.90 Å². The van der Waals surface area contributed by atoms with Gasteiger partial charge in [-0.15, -0.1) is 0 Å². The summed E-state index contributed by atoms with van der Waals surface area (Å²) in [6.45, 7) is 3.51. The summed E-state index contributed by atoms with van der Waals surface area (Å²) in [5.74, 6) is -0.809. The number of anilines is 1. The minimum atomic E-state index is -0.516. The molecule has 0 aliphatic carbocycles. The average Bonchev–Trinajstić information content (AvgIpc) is 2.71. The van der Waals surface area contributed by atoms with Gasteiger partial charge in [-0.25, -0.2) is 4.79 Å². The van der Waals surface area contributed by atoms with E-state index in [1.165, 1.54) is 4.90 Å². The van der Waals surface area contributed by atoms with Crippen molar-refractivity contribution < 1.29 is 14.3 Å². The normalized spacial score (nSPS) is 10.6. The lowest BCUT2D eigenvalue weighted by Crippen LogP contribution is -2.31. The van der Waals surface area contributed by atoms with Gasteiger partial charge in [-0.2, -0.15) is 0 Å². The number of fused-ring (bicyclic) bond motifs is 1. The Morgan fingerprint density at radius 3 is 2.41 bits per heavy atom. The Hall–Kier alpha value is -3.21. The summed E-state index contributed by atoms with van der Waals surface area (Å²) in [4.78, 5) is 31.1. The third-order valence-electron chi connectivity index (χ3n) is 4.61. The van der Waals surface area contributed by atoms with Gasteiger partial charge in [0.05, 0.1) is 16.8 Å². The highest BCUT2D eigenvalue weighted by molar-refractivity contribution is 6.00. The van der Waals surface area contributed by atoms with Gasteiger partial charge < -0.3 is 9.64 Å². The molecule has 3 aromatic rings. The second-order valence-electron chi connectivity index (χ2n) is 6.29. The molecule has 0 fully saturated rings. The summed E-state index contributed by atoms with van der Waals surface area (Å²) >= 11 is 0. The van der Waals surface area contributed by atoms with Crippen LogP contribution in [0.15, 0.2) is 54.6 Å². The van der Waals surface area contributed by atoms with Crippen molar-refractivity contribution in [2.75, 3.05) is 18.6 Å². The van der Waals surface area contributed by atoms with Gasteiger partial charge in [-0.05, 0) is 37.1 Å². The first-order valence-corrected chi connectivity index (χ1v) is 8.89. The molecule has 0 saturated carbocycles. The van der Waals surface area contributed by atoms with Gasteiger partial charge in [0, 0.05) is 18.1 Å². The maximum Gasteiger partial charge on any atom is 0.340 e.